The lowest BCUT2D eigenvalue weighted by Crippen LogP contribution is -2.44. The van der Waals surface area contributed by atoms with Crippen molar-refractivity contribution >= 4 is 27.2 Å². The van der Waals surface area contributed by atoms with Gasteiger partial charge in [0.2, 0.25) is 10.0 Å². The third-order valence-corrected chi connectivity index (χ3v) is 6.00. The highest BCUT2D eigenvalue weighted by Gasteiger charge is 2.33. The van der Waals surface area contributed by atoms with Crippen LogP contribution in [0.1, 0.15) is 32.3 Å². The Hall–Kier alpha value is -0.980. The molecule has 0 bridgehead atoms. The van der Waals surface area contributed by atoms with E-state index in [1.807, 2.05) is 6.92 Å². The Morgan fingerprint density at radius 2 is 2.05 bits per heavy atom. The van der Waals surface area contributed by atoms with Gasteiger partial charge in [-0.25, -0.2) is 8.42 Å². The Bertz CT molecular complexity index is 613. The lowest BCUT2D eigenvalue weighted by Gasteiger charge is -2.35. The second-order valence-corrected chi connectivity index (χ2v) is 7.83. The summed E-state index contributed by atoms with van der Waals surface area (Å²) in [6.07, 6.45) is 1.97. The van der Waals surface area contributed by atoms with Crippen LogP contribution in [0, 0.1) is 5.92 Å². The van der Waals surface area contributed by atoms with E-state index in [0.717, 1.165) is 12.8 Å². The van der Waals surface area contributed by atoms with Crippen LogP contribution in [0.5, 0.6) is 0 Å². The van der Waals surface area contributed by atoms with E-state index in [1.54, 1.807) is 28.6 Å². The lowest BCUT2D eigenvalue weighted by molar-refractivity contribution is 0.218. The Kier molecular flexibility index (Phi) is 4.46. The molecule has 2 N–H and O–H groups in total. The van der Waals surface area contributed by atoms with Crippen LogP contribution in [0.15, 0.2) is 29.2 Å². The molecular formula is C14H20N2O2S2. The summed E-state index contributed by atoms with van der Waals surface area (Å²) >= 11 is 4.91. The van der Waals surface area contributed by atoms with Crippen LogP contribution in [0.4, 0.5) is 0 Å². The van der Waals surface area contributed by atoms with Gasteiger partial charge in [0.1, 0.15) is 4.99 Å². The van der Waals surface area contributed by atoms with Gasteiger partial charge in [-0.2, -0.15) is 4.31 Å². The zero-order valence-corrected chi connectivity index (χ0v) is 13.4. The van der Waals surface area contributed by atoms with E-state index < -0.39 is 10.0 Å². The van der Waals surface area contributed by atoms with Crippen molar-refractivity contribution in [2.45, 2.75) is 37.6 Å². The summed E-state index contributed by atoms with van der Waals surface area (Å²) in [5.41, 5.74) is 6.16. The first-order valence-corrected chi connectivity index (χ1v) is 8.59. The van der Waals surface area contributed by atoms with Crippen molar-refractivity contribution in [3.63, 3.8) is 0 Å². The van der Waals surface area contributed by atoms with Gasteiger partial charge in [0.05, 0.1) is 4.90 Å². The minimum absolute atomic E-state index is 0.0321. The molecule has 0 saturated carbocycles. The van der Waals surface area contributed by atoms with Gasteiger partial charge in [0.15, 0.2) is 0 Å². The van der Waals surface area contributed by atoms with Crippen LogP contribution in [0.2, 0.25) is 0 Å². The van der Waals surface area contributed by atoms with Gasteiger partial charge in [0.25, 0.3) is 0 Å². The number of hydrogen-bond donors (Lipinski definition) is 1. The molecule has 1 fully saturated rings. The maximum absolute atomic E-state index is 12.8. The number of thiocarbonyl (C=S) groups is 1. The smallest absolute Gasteiger partial charge is 0.243 e. The van der Waals surface area contributed by atoms with Gasteiger partial charge in [-0.05, 0) is 37.8 Å². The molecular weight excluding hydrogens is 292 g/mol. The van der Waals surface area contributed by atoms with Gasteiger partial charge in [-0.3, -0.25) is 0 Å². The molecule has 1 aliphatic rings. The fraction of sp³-hybridized carbons (Fsp3) is 0.500. The molecule has 2 atom stereocenters. The highest BCUT2D eigenvalue weighted by atomic mass is 32.2. The molecule has 0 radical (unpaired) electrons. The predicted molar refractivity (Wildman–Crippen MR) is 84.1 cm³/mol. The Morgan fingerprint density at radius 3 is 2.70 bits per heavy atom. The number of benzene rings is 1. The Labute approximate surface area is 126 Å². The summed E-state index contributed by atoms with van der Waals surface area (Å²) in [5.74, 6) is 0.389. The number of sulfonamides is 1. The number of nitrogens with zero attached hydrogens (tertiary/aromatic N) is 1. The summed E-state index contributed by atoms with van der Waals surface area (Å²) in [6.45, 7) is 4.61. The van der Waals surface area contributed by atoms with Crippen LogP contribution >= 0.6 is 12.2 Å². The monoisotopic (exact) mass is 312 g/mol. The molecule has 1 heterocycles. The van der Waals surface area contributed by atoms with Crippen molar-refractivity contribution in [2.24, 2.45) is 11.7 Å². The molecule has 1 aliphatic heterocycles. The number of nitrogens with two attached hydrogens (primary N) is 1. The molecule has 20 heavy (non-hydrogen) atoms. The van der Waals surface area contributed by atoms with Gasteiger partial charge in [-0.15, -0.1) is 0 Å². The van der Waals surface area contributed by atoms with Crippen LogP contribution < -0.4 is 5.73 Å². The van der Waals surface area contributed by atoms with Gasteiger partial charge >= 0.3 is 0 Å². The molecule has 1 saturated heterocycles. The normalized spacial score (nSPS) is 24.5. The summed E-state index contributed by atoms with van der Waals surface area (Å²) in [6, 6.07) is 6.60. The molecule has 6 heteroatoms. The van der Waals surface area contributed by atoms with Crippen molar-refractivity contribution in [2.75, 3.05) is 6.54 Å². The third-order valence-electron chi connectivity index (χ3n) is 3.79. The number of rotatable bonds is 3. The highest BCUT2D eigenvalue weighted by molar-refractivity contribution is 7.89. The quantitative estimate of drug-likeness (QED) is 0.869. The topological polar surface area (TPSA) is 63.4 Å². The Morgan fingerprint density at radius 1 is 1.35 bits per heavy atom. The predicted octanol–water partition coefficient (Wildman–Crippen LogP) is 2.13. The zero-order chi connectivity index (χ0) is 14.9. The van der Waals surface area contributed by atoms with E-state index in [1.165, 1.54) is 0 Å². The summed E-state index contributed by atoms with van der Waals surface area (Å²) in [7, 11) is -3.48. The molecule has 0 aromatic heterocycles. The van der Waals surface area contributed by atoms with E-state index in [9.17, 15) is 8.42 Å². The van der Waals surface area contributed by atoms with E-state index in [2.05, 4.69) is 6.92 Å². The van der Waals surface area contributed by atoms with E-state index in [-0.39, 0.29) is 15.9 Å². The summed E-state index contributed by atoms with van der Waals surface area (Å²) in [4.78, 5) is 0.478. The molecule has 0 aliphatic carbocycles. The van der Waals surface area contributed by atoms with Crippen molar-refractivity contribution in [1.82, 2.24) is 4.31 Å². The fourth-order valence-electron chi connectivity index (χ4n) is 2.53. The standard InChI is InChI=1S/C14H20N2O2S2/c1-10-6-7-11(2)16(9-10)20(17,18)13-5-3-4-12(8-13)14(15)19/h3-5,8,10-11H,6-7,9H2,1-2H3,(H2,15,19). The van der Waals surface area contributed by atoms with Crippen molar-refractivity contribution in [3.05, 3.63) is 29.8 Å². The molecule has 1 aromatic rings. The average Bonchev–Trinajstić information content (AvgIpc) is 2.41. The highest BCUT2D eigenvalue weighted by Crippen LogP contribution is 2.28. The second-order valence-electron chi connectivity index (χ2n) is 5.50. The largest absolute Gasteiger partial charge is 0.389 e. The molecule has 0 spiro atoms. The molecule has 4 nitrogen and oxygen atoms in total. The van der Waals surface area contributed by atoms with E-state index in [4.69, 9.17) is 18.0 Å². The SMILES string of the molecule is CC1CCC(C)N(S(=O)(=O)c2cccc(C(N)=S)c2)C1. The van der Waals surface area contributed by atoms with E-state index >= 15 is 0 Å². The minimum Gasteiger partial charge on any atom is -0.389 e. The van der Waals surface area contributed by atoms with Crippen molar-refractivity contribution < 1.29 is 8.42 Å². The number of hydrogen-bond acceptors (Lipinski definition) is 3. The fourth-order valence-corrected chi connectivity index (χ4v) is 4.48. The van der Waals surface area contributed by atoms with Gasteiger partial charge < -0.3 is 5.73 Å². The summed E-state index contributed by atoms with van der Waals surface area (Å²) in [5, 5.41) is 0. The molecule has 1 aromatic carbocycles. The van der Waals surface area contributed by atoms with Crippen LogP contribution in [0.25, 0.3) is 0 Å². The zero-order valence-electron chi connectivity index (χ0n) is 11.7. The lowest BCUT2D eigenvalue weighted by atomic mass is 9.97. The molecule has 0 amide bonds. The Balaban J connectivity index is 2.39. The van der Waals surface area contributed by atoms with Crippen molar-refractivity contribution in [1.29, 1.82) is 0 Å². The molecule has 2 unspecified atom stereocenters. The van der Waals surface area contributed by atoms with Crippen LogP contribution in [-0.2, 0) is 10.0 Å². The first-order chi connectivity index (χ1) is 9.32. The summed E-state index contributed by atoms with van der Waals surface area (Å²) < 4.78 is 27.1. The van der Waals surface area contributed by atoms with Crippen molar-refractivity contribution in [3.8, 4) is 0 Å². The van der Waals surface area contributed by atoms with Crippen LogP contribution in [0.3, 0.4) is 0 Å². The first kappa shape index (κ1) is 15.4. The van der Waals surface area contributed by atoms with Gasteiger partial charge in [0, 0.05) is 18.2 Å². The first-order valence-electron chi connectivity index (χ1n) is 6.74. The molecule has 110 valence electrons. The van der Waals surface area contributed by atoms with E-state index in [0.29, 0.717) is 18.0 Å². The average molecular weight is 312 g/mol. The van der Waals surface area contributed by atoms with Gasteiger partial charge in [-0.1, -0.05) is 31.3 Å². The van der Waals surface area contributed by atoms with Crippen LogP contribution in [-0.4, -0.2) is 30.3 Å². The second kappa shape index (κ2) is 5.79. The maximum Gasteiger partial charge on any atom is 0.243 e. The minimum atomic E-state index is -3.48. The molecule has 2 rings (SSSR count). The maximum atomic E-state index is 12.8. The third kappa shape index (κ3) is 3.02. The number of piperidine rings is 1.